The molecule has 0 amide bonds. The Labute approximate surface area is 93.8 Å². The van der Waals surface area contributed by atoms with Gasteiger partial charge < -0.3 is 9.47 Å². The minimum atomic E-state index is -0.0894. The summed E-state index contributed by atoms with van der Waals surface area (Å²) >= 11 is 5.18. The summed E-state index contributed by atoms with van der Waals surface area (Å²) in [5.41, 5.74) is -0.0894. The summed E-state index contributed by atoms with van der Waals surface area (Å²) in [6, 6.07) is 0. The summed E-state index contributed by atoms with van der Waals surface area (Å²) in [7, 11) is 0. The Morgan fingerprint density at radius 3 is 2.14 bits per heavy atom. The van der Waals surface area contributed by atoms with E-state index >= 15 is 0 Å². The van der Waals surface area contributed by atoms with Crippen molar-refractivity contribution in [1.82, 2.24) is 0 Å². The van der Waals surface area contributed by atoms with Crippen molar-refractivity contribution < 1.29 is 9.47 Å². The summed E-state index contributed by atoms with van der Waals surface area (Å²) in [5, 5.41) is 0. The van der Waals surface area contributed by atoms with Gasteiger partial charge in [-0.2, -0.15) is 0 Å². The van der Waals surface area contributed by atoms with Crippen LogP contribution in [0.25, 0.3) is 0 Å². The summed E-state index contributed by atoms with van der Waals surface area (Å²) in [6.45, 7) is 7.10. The first-order valence-corrected chi connectivity index (χ1v) is 6.14. The van der Waals surface area contributed by atoms with Crippen LogP contribution in [0.2, 0.25) is 0 Å². The first-order chi connectivity index (χ1) is 6.74. The van der Waals surface area contributed by atoms with Gasteiger partial charge in [0.1, 0.15) is 5.44 Å². The Hall–Kier alpha value is 0.270. The minimum absolute atomic E-state index is 0.0889. The summed E-state index contributed by atoms with van der Waals surface area (Å²) in [5.74, 6) is 0. The molecule has 0 rings (SSSR count). The van der Waals surface area contributed by atoms with E-state index in [-0.39, 0.29) is 11.7 Å². The van der Waals surface area contributed by atoms with Gasteiger partial charge in [-0.25, -0.2) is 0 Å². The second-order valence-corrected chi connectivity index (χ2v) is 3.97. The lowest BCUT2D eigenvalue weighted by Crippen LogP contribution is -2.22. The molecule has 0 aliphatic carbocycles. The predicted molar refractivity (Wildman–Crippen MR) is 62.3 cm³/mol. The van der Waals surface area contributed by atoms with Crippen LogP contribution < -0.4 is 0 Å². The minimum Gasteiger partial charge on any atom is -0.353 e. The number of hydrogen-bond acceptors (Lipinski definition) is 2. The fourth-order valence-electron chi connectivity index (χ4n) is 1.15. The molecule has 2 atom stereocenters. The highest BCUT2D eigenvalue weighted by molar-refractivity contribution is 7.80. The van der Waals surface area contributed by atoms with Crippen LogP contribution in [0.4, 0.5) is 0 Å². The SMILES string of the molecule is CCCOC(CCC)OC([S])CCC. The van der Waals surface area contributed by atoms with Gasteiger partial charge in [0.2, 0.25) is 0 Å². The molecule has 85 valence electrons. The van der Waals surface area contributed by atoms with E-state index in [0.717, 1.165) is 38.7 Å². The lowest BCUT2D eigenvalue weighted by atomic mass is 10.3. The Balaban J connectivity index is 3.69. The highest BCUT2D eigenvalue weighted by atomic mass is 32.1. The van der Waals surface area contributed by atoms with Crippen LogP contribution in [0.1, 0.15) is 52.9 Å². The molecule has 1 radical (unpaired) electrons. The van der Waals surface area contributed by atoms with Gasteiger partial charge >= 0.3 is 0 Å². The first kappa shape index (κ1) is 14.3. The van der Waals surface area contributed by atoms with Gasteiger partial charge in [-0.05, 0) is 19.3 Å². The quantitative estimate of drug-likeness (QED) is 0.548. The van der Waals surface area contributed by atoms with Crippen LogP contribution in [0, 0.1) is 0 Å². The van der Waals surface area contributed by atoms with Crippen molar-refractivity contribution >= 4 is 12.6 Å². The zero-order valence-corrected chi connectivity index (χ0v) is 10.4. The fourth-order valence-corrected chi connectivity index (χ4v) is 1.51. The molecule has 0 aromatic heterocycles. The normalized spacial score (nSPS) is 15.4. The zero-order valence-electron chi connectivity index (χ0n) is 9.62. The molecule has 0 saturated carbocycles. The smallest absolute Gasteiger partial charge is 0.159 e. The molecule has 0 aromatic rings. The van der Waals surface area contributed by atoms with Crippen LogP contribution in [-0.4, -0.2) is 18.3 Å². The fraction of sp³-hybridized carbons (Fsp3) is 1.00. The van der Waals surface area contributed by atoms with Gasteiger partial charge in [-0.1, -0.05) is 46.2 Å². The van der Waals surface area contributed by atoms with Crippen LogP contribution in [-0.2, 0) is 9.47 Å². The van der Waals surface area contributed by atoms with Crippen molar-refractivity contribution in [2.24, 2.45) is 0 Å². The molecule has 0 bridgehead atoms. The molecule has 2 nitrogen and oxygen atoms in total. The van der Waals surface area contributed by atoms with E-state index in [1.807, 2.05) is 0 Å². The maximum absolute atomic E-state index is 5.63. The molecule has 0 aliphatic heterocycles. The van der Waals surface area contributed by atoms with E-state index in [0.29, 0.717) is 0 Å². The van der Waals surface area contributed by atoms with Gasteiger partial charge in [0.15, 0.2) is 6.29 Å². The van der Waals surface area contributed by atoms with Crippen LogP contribution >= 0.6 is 12.6 Å². The van der Waals surface area contributed by atoms with Crippen LogP contribution in [0.15, 0.2) is 0 Å². The third kappa shape index (κ3) is 7.65. The summed E-state index contributed by atoms with van der Waals surface area (Å²) in [6.07, 6.45) is 4.96. The summed E-state index contributed by atoms with van der Waals surface area (Å²) < 4.78 is 11.2. The summed E-state index contributed by atoms with van der Waals surface area (Å²) in [4.78, 5) is 0. The van der Waals surface area contributed by atoms with E-state index < -0.39 is 0 Å². The van der Waals surface area contributed by atoms with Crippen molar-refractivity contribution in [2.75, 3.05) is 6.61 Å². The Bertz CT molecular complexity index is 120. The van der Waals surface area contributed by atoms with Gasteiger partial charge in [0, 0.05) is 6.61 Å². The van der Waals surface area contributed by atoms with Crippen molar-refractivity contribution in [3.8, 4) is 0 Å². The maximum atomic E-state index is 5.63. The largest absolute Gasteiger partial charge is 0.353 e. The molecule has 3 heteroatoms. The highest BCUT2D eigenvalue weighted by Crippen LogP contribution is 2.13. The molecule has 14 heavy (non-hydrogen) atoms. The maximum Gasteiger partial charge on any atom is 0.159 e. The van der Waals surface area contributed by atoms with E-state index in [9.17, 15) is 0 Å². The van der Waals surface area contributed by atoms with E-state index in [1.165, 1.54) is 0 Å². The molecular weight excluding hydrogens is 196 g/mol. The standard InChI is InChI=1S/C11H23O2S/c1-4-7-10(12-9-6-3)13-11(14)8-5-2/h10-11H,4-9H2,1-3H3. The molecule has 2 unspecified atom stereocenters. The van der Waals surface area contributed by atoms with Crippen LogP contribution in [0.5, 0.6) is 0 Å². The second-order valence-electron chi connectivity index (χ2n) is 3.44. The van der Waals surface area contributed by atoms with E-state index in [4.69, 9.17) is 22.1 Å². The molecule has 0 saturated heterocycles. The lowest BCUT2D eigenvalue weighted by Gasteiger charge is -2.20. The zero-order chi connectivity index (χ0) is 10.8. The van der Waals surface area contributed by atoms with E-state index in [2.05, 4.69) is 20.8 Å². The Kier molecular flexibility index (Phi) is 10.0. The average Bonchev–Trinajstić information content (AvgIpc) is 2.15. The third-order valence-electron chi connectivity index (χ3n) is 1.86. The third-order valence-corrected chi connectivity index (χ3v) is 2.21. The van der Waals surface area contributed by atoms with Crippen LogP contribution in [0.3, 0.4) is 0 Å². The second kappa shape index (κ2) is 9.81. The van der Waals surface area contributed by atoms with Gasteiger partial charge in [0.25, 0.3) is 0 Å². The van der Waals surface area contributed by atoms with Crippen molar-refractivity contribution in [3.63, 3.8) is 0 Å². The first-order valence-electron chi connectivity index (χ1n) is 5.67. The topological polar surface area (TPSA) is 18.5 Å². The number of rotatable bonds is 9. The van der Waals surface area contributed by atoms with Gasteiger partial charge in [-0.15, -0.1) is 0 Å². The van der Waals surface area contributed by atoms with E-state index in [1.54, 1.807) is 0 Å². The van der Waals surface area contributed by atoms with Gasteiger partial charge in [-0.3, -0.25) is 0 Å². The monoisotopic (exact) mass is 219 g/mol. The van der Waals surface area contributed by atoms with Gasteiger partial charge in [0.05, 0.1) is 0 Å². The molecule has 0 N–H and O–H groups in total. The molecule has 0 fully saturated rings. The molecule has 0 aromatic carbocycles. The molecular formula is C11H23O2S. The number of hydrogen-bond donors (Lipinski definition) is 0. The average molecular weight is 219 g/mol. The lowest BCUT2D eigenvalue weighted by molar-refractivity contribution is -0.154. The molecule has 0 aliphatic rings. The highest BCUT2D eigenvalue weighted by Gasteiger charge is 2.12. The Morgan fingerprint density at radius 2 is 1.64 bits per heavy atom. The van der Waals surface area contributed by atoms with Crippen molar-refractivity contribution in [1.29, 1.82) is 0 Å². The predicted octanol–water partition coefficient (Wildman–Crippen LogP) is 3.88. The van der Waals surface area contributed by atoms with Crippen molar-refractivity contribution in [3.05, 3.63) is 0 Å². The number of ether oxygens (including phenoxy) is 2. The molecule has 0 spiro atoms. The molecule has 0 heterocycles. The Morgan fingerprint density at radius 1 is 1.00 bits per heavy atom. The van der Waals surface area contributed by atoms with Crippen molar-refractivity contribution in [2.45, 2.75) is 64.6 Å².